The summed E-state index contributed by atoms with van der Waals surface area (Å²) in [6.07, 6.45) is 0. The number of nitriles is 1. The number of carboxylic acids is 1. The van der Waals surface area contributed by atoms with Gasteiger partial charge in [0.2, 0.25) is 5.91 Å². The summed E-state index contributed by atoms with van der Waals surface area (Å²) >= 11 is 0. The first-order chi connectivity index (χ1) is 8.52. The number of carbonyl (C=O) groups excluding carboxylic acids is 1. The number of amides is 1. The molecule has 6 heteroatoms. The Bertz CT molecular complexity index is 562. The van der Waals surface area contributed by atoms with Crippen molar-refractivity contribution in [3.8, 4) is 6.07 Å². The quantitative estimate of drug-likeness (QED) is 0.816. The maximum Gasteiger partial charge on any atom is 0.323 e. The Labute approximate surface area is 104 Å². The van der Waals surface area contributed by atoms with Crippen molar-refractivity contribution in [2.75, 3.05) is 29.9 Å². The van der Waals surface area contributed by atoms with Gasteiger partial charge in [-0.2, -0.15) is 5.26 Å². The molecule has 1 heterocycles. The van der Waals surface area contributed by atoms with Crippen molar-refractivity contribution in [1.29, 1.82) is 5.26 Å². The number of benzene rings is 1. The van der Waals surface area contributed by atoms with E-state index in [-0.39, 0.29) is 12.5 Å². The van der Waals surface area contributed by atoms with Crippen LogP contribution in [0.15, 0.2) is 18.2 Å². The number of aliphatic carboxylic acids is 1. The molecule has 0 saturated carbocycles. The highest BCUT2D eigenvalue weighted by Gasteiger charge is 2.28. The zero-order valence-electron chi connectivity index (χ0n) is 9.75. The van der Waals surface area contributed by atoms with Crippen molar-refractivity contribution < 1.29 is 14.7 Å². The Morgan fingerprint density at radius 2 is 2.22 bits per heavy atom. The second-order valence-corrected chi connectivity index (χ2v) is 4.04. The first-order valence-electron chi connectivity index (χ1n) is 5.30. The molecule has 0 atom stereocenters. The van der Waals surface area contributed by atoms with Crippen LogP contribution in [-0.2, 0) is 9.59 Å². The van der Waals surface area contributed by atoms with E-state index in [1.165, 1.54) is 11.0 Å². The van der Waals surface area contributed by atoms with Gasteiger partial charge in [-0.05, 0) is 18.2 Å². The van der Waals surface area contributed by atoms with Gasteiger partial charge in [0.1, 0.15) is 6.54 Å². The average molecular weight is 245 g/mol. The molecular formula is C12H11N3O3. The van der Waals surface area contributed by atoms with E-state index >= 15 is 0 Å². The minimum absolute atomic E-state index is 0.131. The third-order valence-electron chi connectivity index (χ3n) is 2.77. The minimum atomic E-state index is -1.08. The minimum Gasteiger partial charge on any atom is -0.480 e. The first-order valence-corrected chi connectivity index (χ1v) is 5.30. The van der Waals surface area contributed by atoms with Crippen LogP contribution in [0.4, 0.5) is 11.4 Å². The zero-order valence-corrected chi connectivity index (χ0v) is 9.75. The normalized spacial score (nSPS) is 14.1. The van der Waals surface area contributed by atoms with Gasteiger partial charge in [0.15, 0.2) is 0 Å². The molecule has 0 aromatic heterocycles. The predicted molar refractivity (Wildman–Crippen MR) is 64.4 cm³/mol. The second kappa shape index (κ2) is 4.37. The van der Waals surface area contributed by atoms with Crippen LogP contribution >= 0.6 is 0 Å². The van der Waals surface area contributed by atoms with Crippen molar-refractivity contribution in [2.24, 2.45) is 0 Å². The number of nitrogens with zero attached hydrogens (tertiary/aromatic N) is 3. The lowest BCUT2D eigenvalue weighted by molar-refractivity contribution is -0.136. The van der Waals surface area contributed by atoms with Crippen molar-refractivity contribution in [2.45, 2.75) is 0 Å². The summed E-state index contributed by atoms with van der Waals surface area (Å²) < 4.78 is 0. The third kappa shape index (κ3) is 1.98. The van der Waals surface area contributed by atoms with Crippen LogP contribution in [0.25, 0.3) is 0 Å². The fourth-order valence-electron chi connectivity index (χ4n) is 1.95. The molecule has 0 bridgehead atoms. The molecule has 1 aliphatic heterocycles. The lowest BCUT2D eigenvalue weighted by Gasteiger charge is -2.34. The van der Waals surface area contributed by atoms with Gasteiger partial charge >= 0.3 is 5.97 Å². The Hall–Kier alpha value is -2.55. The lowest BCUT2D eigenvalue weighted by Crippen LogP contribution is -2.46. The molecule has 0 radical (unpaired) electrons. The van der Waals surface area contributed by atoms with Crippen molar-refractivity contribution in [3.05, 3.63) is 23.8 Å². The van der Waals surface area contributed by atoms with Crippen LogP contribution in [0, 0.1) is 11.3 Å². The summed E-state index contributed by atoms with van der Waals surface area (Å²) in [5.41, 5.74) is 1.61. The van der Waals surface area contributed by atoms with Crippen LogP contribution in [-0.4, -0.2) is 37.1 Å². The molecule has 1 aromatic rings. The number of carboxylic acid groups (broad SMARTS) is 1. The number of likely N-dealkylation sites (N-methyl/N-ethyl adjacent to an activating group) is 1. The van der Waals surface area contributed by atoms with Gasteiger partial charge in [-0.25, -0.2) is 0 Å². The van der Waals surface area contributed by atoms with E-state index in [4.69, 9.17) is 10.4 Å². The molecule has 6 nitrogen and oxygen atoms in total. The Kier molecular flexibility index (Phi) is 2.90. The lowest BCUT2D eigenvalue weighted by atomic mass is 10.1. The van der Waals surface area contributed by atoms with Crippen LogP contribution in [0.3, 0.4) is 0 Å². The van der Waals surface area contributed by atoms with Crippen LogP contribution in [0.1, 0.15) is 5.56 Å². The maximum absolute atomic E-state index is 11.8. The molecule has 0 fully saturated rings. The third-order valence-corrected chi connectivity index (χ3v) is 2.77. The van der Waals surface area contributed by atoms with E-state index in [0.717, 1.165) is 5.69 Å². The van der Waals surface area contributed by atoms with E-state index < -0.39 is 12.5 Å². The summed E-state index contributed by atoms with van der Waals surface area (Å²) in [7, 11) is 1.75. The maximum atomic E-state index is 11.8. The Morgan fingerprint density at radius 1 is 1.50 bits per heavy atom. The molecule has 2 rings (SSSR count). The number of fused-ring (bicyclic) bond motifs is 1. The predicted octanol–water partition coefficient (Wildman–Crippen LogP) is 0.426. The second-order valence-electron chi connectivity index (χ2n) is 4.04. The van der Waals surface area contributed by atoms with Crippen LogP contribution < -0.4 is 9.80 Å². The molecule has 18 heavy (non-hydrogen) atoms. The highest BCUT2D eigenvalue weighted by molar-refractivity contribution is 6.05. The summed E-state index contributed by atoms with van der Waals surface area (Å²) in [5, 5.41) is 17.7. The van der Waals surface area contributed by atoms with E-state index in [1.807, 2.05) is 6.07 Å². The van der Waals surface area contributed by atoms with E-state index in [0.29, 0.717) is 11.3 Å². The number of rotatable bonds is 2. The summed E-state index contributed by atoms with van der Waals surface area (Å²) in [5.74, 6) is -1.37. The fourth-order valence-corrected chi connectivity index (χ4v) is 1.95. The topological polar surface area (TPSA) is 84.6 Å². The highest BCUT2D eigenvalue weighted by Crippen LogP contribution is 2.33. The van der Waals surface area contributed by atoms with E-state index in [2.05, 4.69) is 0 Å². The highest BCUT2D eigenvalue weighted by atomic mass is 16.4. The zero-order chi connectivity index (χ0) is 13.3. The smallest absolute Gasteiger partial charge is 0.323 e. The van der Waals surface area contributed by atoms with Crippen LogP contribution in [0.5, 0.6) is 0 Å². The van der Waals surface area contributed by atoms with Gasteiger partial charge in [-0.3, -0.25) is 14.5 Å². The van der Waals surface area contributed by atoms with E-state index in [9.17, 15) is 9.59 Å². The average Bonchev–Trinajstić information content (AvgIpc) is 2.33. The van der Waals surface area contributed by atoms with Gasteiger partial charge in [0.05, 0.1) is 29.6 Å². The Morgan fingerprint density at radius 3 is 2.83 bits per heavy atom. The molecule has 0 unspecified atom stereocenters. The number of hydrogen-bond donors (Lipinski definition) is 1. The number of carbonyl (C=O) groups is 2. The van der Waals surface area contributed by atoms with Gasteiger partial charge in [-0.15, -0.1) is 0 Å². The molecule has 1 amide bonds. The van der Waals surface area contributed by atoms with Crippen LogP contribution in [0.2, 0.25) is 0 Å². The van der Waals surface area contributed by atoms with E-state index in [1.54, 1.807) is 24.1 Å². The summed E-state index contributed by atoms with van der Waals surface area (Å²) in [4.78, 5) is 25.6. The Balaban J connectivity index is 2.52. The molecule has 92 valence electrons. The number of anilines is 2. The number of hydrogen-bond acceptors (Lipinski definition) is 4. The molecular weight excluding hydrogens is 234 g/mol. The summed E-state index contributed by atoms with van der Waals surface area (Å²) in [6.45, 7) is -0.263. The molecule has 1 aromatic carbocycles. The van der Waals surface area contributed by atoms with Gasteiger partial charge in [0.25, 0.3) is 0 Å². The molecule has 1 aliphatic rings. The van der Waals surface area contributed by atoms with Crippen molar-refractivity contribution in [3.63, 3.8) is 0 Å². The first kappa shape index (κ1) is 11.9. The molecule has 0 spiro atoms. The summed E-state index contributed by atoms with van der Waals surface area (Å²) in [6, 6.07) is 6.87. The molecule has 1 N–H and O–H groups in total. The fraction of sp³-hybridized carbons (Fsp3) is 0.250. The SMILES string of the molecule is CN1CC(=O)N(CC(=O)O)c2cc(C#N)ccc21. The largest absolute Gasteiger partial charge is 0.480 e. The van der Waals surface area contributed by atoms with Crippen molar-refractivity contribution >= 4 is 23.3 Å². The molecule has 0 aliphatic carbocycles. The monoisotopic (exact) mass is 245 g/mol. The standard InChI is InChI=1S/C12H11N3O3/c1-14-6-11(16)15(7-12(17)18)10-4-8(5-13)2-3-9(10)14/h2-4H,6-7H2,1H3,(H,17,18). The van der Waals surface area contributed by atoms with Gasteiger partial charge in [0, 0.05) is 7.05 Å². The van der Waals surface area contributed by atoms with Gasteiger partial charge in [-0.1, -0.05) is 0 Å². The molecule has 0 saturated heterocycles. The van der Waals surface area contributed by atoms with Crippen molar-refractivity contribution in [1.82, 2.24) is 0 Å². The van der Waals surface area contributed by atoms with Gasteiger partial charge < -0.3 is 10.0 Å².